The van der Waals surface area contributed by atoms with Crippen molar-refractivity contribution in [3.05, 3.63) is 29.3 Å². The number of alkyl halides is 4. The molecule has 0 heterocycles. The lowest BCUT2D eigenvalue weighted by atomic mass is 10.0. The van der Waals surface area contributed by atoms with Gasteiger partial charge in [-0.3, -0.25) is 4.79 Å². The standard InChI is InChI=1S/C12H9BrF3NOS/c1-7(13)11(18)10-6-9(19-12(14,15)16)3-2-8(10)4-5-17/h2-3,6-7H,4H2,1H3. The summed E-state index contributed by atoms with van der Waals surface area (Å²) in [5.41, 5.74) is -3.82. The van der Waals surface area contributed by atoms with Crippen molar-refractivity contribution in [3.63, 3.8) is 0 Å². The van der Waals surface area contributed by atoms with Crippen molar-refractivity contribution >= 4 is 33.5 Å². The summed E-state index contributed by atoms with van der Waals surface area (Å²) in [5.74, 6) is -0.338. The Balaban J connectivity index is 3.19. The molecule has 1 unspecified atom stereocenters. The SMILES string of the molecule is CC(Br)C(=O)c1cc(SC(F)(F)F)ccc1CC#N. The summed E-state index contributed by atoms with van der Waals surface area (Å²) in [5, 5.41) is 8.66. The topological polar surface area (TPSA) is 40.9 Å². The number of nitrogens with zero attached hydrogens (tertiary/aromatic N) is 1. The Hall–Kier alpha value is -1.00. The minimum absolute atomic E-state index is 0.0161. The van der Waals surface area contributed by atoms with E-state index in [1.54, 1.807) is 6.92 Å². The zero-order valence-corrected chi connectivity index (χ0v) is 12.2. The number of hydrogen-bond donors (Lipinski definition) is 0. The van der Waals surface area contributed by atoms with Gasteiger partial charge >= 0.3 is 5.51 Å². The lowest BCUT2D eigenvalue weighted by Crippen LogP contribution is -2.13. The highest BCUT2D eigenvalue weighted by Gasteiger charge is 2.30. The monoisotopic (exact) mass is 351 g/mol. The van der Waals surface area contributed by atoms with Crippen molar-refractivity contribution in [2.75, 3.05) is 0 Å². The Labute approximate surface area is 121 Å². The van der Waals surface area contributed by atoms with E-state index < -0.39 is 10.3 Å². The summed E-state index contributed by atoms with van der Waals surface area (Å²) >= 11 is 2.81. The molecule has 0 amide bonds. The van der Waals surface area contributed by atoms with Crippen LogP contribution in [0.1, 0.15) is 22.8 Å². The van der Waals surface area contributed by atoms with E-state index in [0.717, 1.165) is 0 Å². The third-order valence-corrected chi connectivity index (χ3v) is 3.35. The Bertz CT molecular complexity index is 523. The van der Waals surface area contributed by atoms with Crippen molar-refractivity contribution in [3.8, 4) is 6.07 Å². The number of ketones is 1. The van der Waals surface area contributed by atoms with Gasteiger partial charge in [-0.2, -0.15) is 18.4 Å². The molecule has 0 N–H and O–H groups in total. The summed E-state index contributed by atoms with van der Waals surface area (Å²) in [4.78, 5) is 11.3. The minimum atomic E-state index is -4.41. The van der Waals surface area contributed by atoms with E-state index in [0.29, 0.717) is 5.56 Å². The molecule has 0 radical (unpaired) electrons. The third-order valence-electron chi connectivity index (χ3n) is 2.21. The first-order chi connectivity index (χ1) is 8.74. The van der Waals surface area contributed by atoms with Gasteiger partial charge in [0, 0.05) is 10.5 Å². The molecular formula is C12H9BrF3NOS. The smallest absolute Gasteiger partial charge is 0.293 e. The maximum absolute atomic E-state index is 12.3. The zero-order chi connectivity index (χ0) is 14.6. The molecule has 19 heavy (non-hydrogen) atoms. The summed E-state index contributed by atoms with van der Waals surface area (Å²) in [6.07, 6.45) is -0.0161. The lowest BCUT2D eigenvalue weighted by Gasteiger charge is -2.11. The predicted octanol–water partition coefficient (Wildman–Crippen LogP) is 4.33. The van der Waals surface area contributed by atoms with Gasteiger partial charge in [-0.1, -0.05) is 22.0 Å². The number of halogens is 4. The average molecular weight is 352 g/mol. The van der Waals surface area contributed by atoms with Gasteiger partial charge in [-0.25, -0.2) is 0 Å². The molecule has 0 fully saturated rings. The molecule has 7 heteroatoms. The molecule has 102 valence electrons. The number of carbonyl (C=O) groups excluding carboxylic acids is 1. The molecule has 0 saturated carbocycles. The van der Waals surface area contributed by atoms with Crippen LogP contribution in [0, 0.1) is 11.3 Å². The first-order valence-electron chi connectivity index (χ1n) is 5.18. The summed E-state index contributed by atoms with van der Waals surface area (Å²) in [6.45, 7) is 1.59. The van der Waals surface area contributed by atoms with Gasteiger partial charge in [-0.15, -0.1) is 0 Å². The Morgan fingerprint density at radius 1 is 1.53 bits per heavy atom. The van der Waals surface area contributed by atoms with E-state index in [1.807, 2.05) is 6.07 Å². The van der Waals surface area contributed by atoms with E-state index in [-0.39, 0.29) is 34.4 Å². The second-order valence-corrected chi connectivity index (χ2v) is 6.19. The highest BCUT2D eigenvalue weighted by Crippen LogP contribution is 2.37. The molecule has 1 aromatic rings. The molecule has 1 rings (SSSR count). The Kier molecular flexibility index (Phi) is 5.44. The van der Waals surface area contributed by atoms with Crippen LogP contribution < -0.4 is 0 Å². The van der Waals surface area contributed by atoms with Gasteiger partial charge in [0.25, 0.3) is 0 Å². The summed E-state index contributed by atoms with van der Waals surface area (Å²) in [7, 11) is 0. The summed E-state index contributed by atoms with van der Waals surface area (Å²) in [6, 6.07) is 5.73. The maximum atomic E-state index is 12.3. The highest BCUT2D eigenvalue weighted by atomic mass is 79.9. The van der Waals surface area contributed by atoms with E-state index in [9.17, 15) is 18.0 Å². The van der Waals surface area contributed by atoms with E-state index in [1.165, 1.54) is 18.2 Å². The normalized spacial score (nSPS) is 12.8. The Morgan fingerprint density at radius 3 is 2.63 bits per heavy atom. The molecule has 1 atom stereocenters. The van der Waals surface area contributed by atoms with Crippen LogP contribution in [0.4, 0.5) is 13.2 Å². The number of nitriles is 1. The van der Waals surface area contributed by atoms with Crippen LogP contribution in [-0.2, 0) is 6.42 Å². The minimum Gasteiger partial charge on any atom is -0.293 e. The van der Waals surface area contributed by atoms with Crippen molar-refractivity contribution in [2.45, 2.75) is 28.6 Å². The second kappa shape index (κ2) is 6.44. The van der Waals surface area contributed by atoms with Crippen molar-refractivity contribution in [1.29, 1.82) is 5.26 Å². The lowest BCUT2D eigenvalue weighted by molar-refractivity contribution is -0.0328. The van der Waals surface area contributed by atoms with Gasteiger partial charge in [-0.05, 0) is 36.4 Å². The van der Waals surface area contributed by atoms with Crippen LogP contribution in [0.25, 0.3) is 0 Å². The molecule has 2 nitrogen and oxygen atoms in total. The number of benzene rings is 1. The molecule has 0 aliphatic heterocycles. The van der Waals surface area contributed by atoms with Gasteiger partial charge in [0.2, 0.25) is 0 Å². The molecule has 0 aliphatic carbocycles. The fraction of sp³-hybridized carbons (Fsp3) is 0.333. The summed E-state index contributed by atoms with van der Waals surface area (Å²) < 4.78 is 36.9. The maximum Gasteiger partial charge on any atom is 0.446 e. The number of hydrogen-bond acceptors (Lipinski definition) is 3. The van der Waals surface area contributed by atoms with Crippen LogP contribution >= 0.6 is 27.7 Å². The molecular weight excluding hydrogens is 343 g/mol. The number of Topliss-reactive ketones (excluding diaryl/α,β-unsaturated/α-hetero) is 1. The van der Waals surface area contributed by atoms with Gasteiger partial charge in [0.05, 0.1) is 17.3 Å². The van der Waals surface area contributed by atoms with Crippen molar-refractivity contribution in [1.82, 2.24) is 0 Å². The fourth-order valence-electron chi connectivity index (χ4n) is 1.44. The molecule has 0 saturated heterocycles. The average Bonchev–Trinajstić information content (AvgIpc) is 2.28. The molecule has 0 bridgehead atoms. The fourth-order valence-corrected chi connectivity index (χ4v) is 2.26. The molecule has 0 aromatic heterocycles. The first kappa shape index (κ1) is 16.1. The quantitative estimate of drug-likeness (QED) is 0.460. The van der Waals surface area contributed by atoms with Gasteiger partial charge in [0.1, 0.15) is 0 Å². The van der Waals surface area contributed by atoms with Crippen LogP contribution in [0.2, 0.25) is 0 Å². The van der Waals surface area contributed by atoms with Crippen LogP contribution in [0.5, 0.6) is 0 Å². The van der Waals surface area contributed by atoms with Gasteiger partial charge < -0.3 is 0 Å². The number of carbonyl (C=O) groups is 1. The molecule has 0 spiro atoms. The van der Waals surface area contributed by atoms with Crippen molar-refractivity contribution in [2.24, 2.45) is 0 Å². The highest BCUT2D eigenvalue weighted by molar-refractivity contribution is 9.10. The van der Waals surface area contributed by atoms with Crippen LogP contribution in [-0.4, -0.2) is 16.1 Å². The van der Waals surface area contributed by atoms with E-state index in [2.05, 4.69) is 15.9 Å². The third kappa shape index (κ3) is 4.88. The van der Waals surface area contributed by atoms with Crippen LogP contribution in [0.3, 0.4) is 0 Å². The second-order valence-electron chi connectivity index (χ2n) is 3.68. The van der Waals surface area contributed by atoms with Crippen LogP contribution in [0.15, 0.2) is 23.1 Å². The number of thioether (sulfide) groups is 1. The van der Waals surface area contributed by atoms with E-state index >= 15 is 0 Å². The Morgan fingerprint density at radius 2 is 2.16 bits per heavy atom. The number of rotatable bonds is 4. The van der Waals surface area contributed by atoms with Gasteiger partial charge in [0.15, 0.2) is 5.78 Å². The van der Waals surface area contributed by atoms with Crippen molar-refractivity contribution < 1.29 is 18.0 Å². The zero-order valence-electron chi connectivity index (χ0n) is 9.79. The predicted molar refractivity (Wildman–Crippen MR) is 70.4 cm³/mol. The molecule has 0 aliphatic rings. The largest absolute Gasteiger partial charge is 0.446 e. The first-order valence-corrected chi connectivity index (χ1v) is 6.91. The molecule has 1 aromatic carbocycles. The van der Waals surface area contributed by atoms with E-state index in [4.69, 9.17) is 5.26 Å².